The third-order valence-electron chi connectivity index (χ3n) is 3.86. The number of amides is 1. The Balaban J connectivity index is 1.84. The van der Waals surface area contributed by atoms with E-state index in [0.717, 1.165) is 17.0 Å². The Morgan fingerprint density at radius 2 is 1.88 bits per heavy atom. The molecule has 0 radical (unpaired) electrons. The smallest absolute Gasteiger partial charge is 0.225 e. The second-order valence-corrected chi connectivity index (χ2v) is 5.98. The van der Waals surface area contributed by atoms with E-state index in [1.807, 2.05) is 66.3 Å². The number of hydrogen-bond donors (Lipinski definition) is 1. The molecule has 1 atom stereocenters. The molecule has 2 aromatic carbocycles. The molecule has 0 aliphatic rings. The van der Waals surface area contributed by atoms with Gasteiger partial charge in [-0.15, -0.1) is 0 Å². The van der Waals surface area contributed by atoms with Gasteiger partial charge in [0.15, 0.2) is 0 Å². The lowest BCUT2D eigenvalue weighted by Crippen LogP contribution is -2.32. The van der Waals surface area contributed by atoms with Gasteiger partial charge in [0.2, 0.25) is 5.91 Å². The molecule has 0 fully saturated rings. The van der Waals surface area contributed by atoms with E-state index < -0.39 is 0 Å². The Labute approximate surface area is 146 Å². The largest absolute Gasteiger partial charge is 0.342 e. The topological polar surface area (TPSA) is 46.9 Å². The molecular weight excluding hydrogens is 322 g/mol. The van der Waals surface area contributed by atoms with Crippen LogP contribution < -0.4 is 5.32 Å². The lowest BCUT2D eigenvalue weighted by Gasteiger charge is -2.19. The van der Waals surface area contributed by atoms with Crippen molar-refractivity contribution in [2.24, 2.45) is 7.05 Å². The first kappa shape index (κ1) is 16.3. The molecule has 5 heteroatoms. The van der Waals surface area contributed by atoms with Crippen LogP contribution in [0.1, 0.15) is 23.0 Å². The molecular formula is C19H18ClN3O. The van der Waals surface area contributed by atoms with Crippen molar-refractivity contribution < 1.29 is 4.79 Å². The molecule has 1 unspecified atom stereocenters. The summed E-state index contributed by atoms with van der Waals surface area (Å²) in [6, 6.07) is 16.9. The van der Waals surface area contributed by atoms with Crippen LogP contribution in [0.25, 0.3) is 0 Å². The van der Waals surface area contributed by atoms with E-state index >= 15 is 0 Å². The van der Waals surface area contributed by atoms with Gasteiger partial charge in [-0.3, -0.25) is 4.79 Å². The van der Waals surface area contributed by atoms with E-state index in [1.54, 1.807) is 12.3 Å². The maximum Gasteiger partial charge on any atom is 0.225 e. The Hall–Kier alpha value is -2.59. The number of aryl methyl sites for hydroxylation is 1. The summed E-state index contributed by atoms with van der Waals surface area (Å²) < 4.78 is 1.91. The molecule has 1 aromatic heterocycles. The molecule has 1 heterocycles. The summed E-state index contributed by atoms with van der Waals surface area (Å²) in [6.07, 6.45) is 3.82. The number of imidazole rings is 1. The predicted octanol–water partition coefficient (Wildman–Crippen LogP) is 3.52. The molecule has 1 N–H and O–H groups in total. The zero-order valence-corrected chi connectivity index (χ0v) is 14.1. The maximum atomic E-state index is 12.5. The first-order valence-corrected chi connectivity index (χ1v) is 8.08. The molecule has 3 rings (SSSR count). The van der Waals surface area contributed by atoms with Crippen molar-refractivity contribution in [1.29, 1.82) is 0 Å². The number of halogens is 1. The zero-order chi connectivity index (χ0) is 16.9. The van der Waals surface area contributed by atoms with Crippen molar-refractivity contribution in [3.05, 3.63) is 89.0 Å². The van der Waals surface area contributed by atoms with Gasteiger partial charge in [0.25, 0.3) is 0 Å². The summed E-state index contributed by atoms with van der Waals surface area (Å²) in [5.74, 6) is 0.689. The van der Waals surface area contributed by atoms with E-state index in [0.29, 0.717) is 5.02 Å². The average molecular weight is 340 g/mol. The molecule has 0 spiro atoms. The van der Waals surface area contributed by atoms with E-state index in [1.165, 1.54) is 0 Å². The second-order valence-electron chi connectivity index (χ2n) is 5.58. The van der Waals surface area contributed by atoms with Gasteiger partial charge in [0, 0.05) is 24.5 Å². The van der Waals surface area contributed by atoms with Crippen LogP contribution in [0.4, 0.5) is 0 Å². The number of nitrogens with zero attached hydrogens (tertiary/aromatic N) is 2. The number of aromatic nitrogens is 2. The highest BCUT2D eigenvalue weighted by molar-refractivity contribution is 6.31. The molecule has 3 aromatic rings. The van der Waals surface area contributed by atoms with Gasteiger partial charge in [-0.05, 0) is 17.2 Å². The number of benzene rings is 2. The fourth-order valence-electron chi connectivity index (χ4n) is 2.62. The SMILES string of the molecule is Cn1ccnc1C(NC(=O)Cc1ccccc1Cl)c1ccccc1. The maximum absolute atomic E-state index is 12.5. The number of nitrogens with one attached hydrogen (secondary N) is 1. The lowest BCUT2D eigenvalue weighted by molar-refractivity contribution is -0.121. The quantitative estimate of drug-likeness (QED) is 0.773. The van der Waals surface area contributed by atoms with Crippen LogP contribution in [0.15, 0.2) is 67.0 Å². The first-order chi connectivity index (χ1) is 11.6. The van der Waals surface area contributed by atoms with E-state index in [-0.39, 0.29) is 18.4 Å². The Morgan fingerprint density at radius 3 is 2.54 bits per heavy atom. The highest BCUT2D eigenvalue weighted by Gasteiger charge is 2.20. The molecule has 0 aliphatic carbocycles. The number of hydrogen-bond acceptors (Lipinski definition) is 2. The number of carbonyl (C=O) groups excluding carboxylic acids is 1. The van der Waals surface area contributed by atoms with Crippen molar-refractivity contribution in [1.82, 2.24) is 14.9 Å². The average Bonchev–Trinajstić information content (AvgIpc) is 3.01. The zero-order valence-electron chi connectivity index (χ0n) is 13.3. The van der Waals surface area contributed by atoms with Crippen molar-refractivity contribution in [3.8, 4) is 0 Å². The molecule has 24 heavy (non-hydrogen) atoms. The first-order valence-electron chi connectivity index (χ1n) is 7.70. The Morgan fingerprint density at radius 1 is 1.17 bits per heavy atom. The van der Waals surface area contributed by atoms with Crippen LogP contribution in [0.3, 0.4) is 0 Å². The fraction of sp³-hybridized carbons (Fsp3) is 0.158. The summed E-state index contributed by atoms with van der Waals surface area (Å²) in [5, 5.41) is 3.67. The van der Waals surface area contributed by atoms with Crippen LogP contribution in [-0.4, -0.2) is 15.5 Å². The monoisotopic (exact) mass is 339 g/mol. The normalized spacial score (nSPS) is 11.9. The Kier molecular flexibility index (Phi) is 4.96. The predicted molar refractivity (Wildman–Crippen MR) is 94.8 cm³/mol. The minimum absolute atomic E-state index is 0.0973. The van der Waals surface area contributed by atoms with E-state index in [9.17, 15) is 4.79 Å². The molecule has 0 saturated carbocycles. The number of carbonyl (C=O) groups is 1. The highest BCUT2D eigenvalue weighted by Crippen LogP contribution is 2.21. The van der Waals surface area contributed by atoms with Gasteiger partial charge in [0.05, 0.1) is 6.42 Å². The Bertz CT molecular complexity index is 829. The molecule has 0 aliphatic heterocycles. The lowest BCUT2D eigenvalue weighted by atomic mass is 10.1. The molecule has 0 saturated heterocycles. The van der Waals surface area contributed by atoms with Crippen molar-refractivity contribution >= 4 is 17.5 Å². The van der Waals surface area contributed by atoms with E-state index in [4.69, 9.17) is 11.6 Å². The summed E-state index contributed by atoms with van der Waals surface area (Å²) in [5.41, 5.74) is 1.79. The van der Waals surface area contributed by atoms with Crippen LogP contribution in [0.5, 0.6) is 0 Å². The minimum Gasteiger partial charge on any atom is -0.342 e. The van der Waals surface area contributed by atoms with Gasteiger partial charge in [-0.2, -0.15) is 0 Å². The molecule has 4 nitrogen and oxygen atoms in total. The standard InChI is InChI=1S/C19H18ClN3O/c1-23-12-11-21-19(23)18(14-7-3-2-4-8-14)22-17(24)13-15-9-5-6-10-16(15)20/h2-12,18H,13H2,1H3,(H,22,24). The fourth-order valence-corrected chi connectivity index (χ4v) is 2.83. The second kappa shape index (κ2) is 7.32. The summed E-state index contributed by atoms with van der Waals surface area (Å²) in [6.45, 7) is 0. The van der Waals surface area contributed by atoms with Crippen LogP contribution in [0, 0.1) is 0 Å². The van der Waals surface area contributed by atoms with Gasteiger partial charge in [-0.1, -0.05) is 60.1 Å². The molecule has 1 amide bonds. The summed E-state index contributed by atoms with van der Waals surface area (Å²) in [4.78, 5) is 16.9. The minimum atomic E-state index is -0.304. The third-order valence-corrected chi connectivity index (χ3v) is 4.23. The summed E-state index contributed by atoms with van der Waals surface area (Å²) in [7, 11) is 1.92. The van der Waals surface area contributed by atoms with Crippen molar-refractivity contribution in [3.63, 3.8) is 0 Å². The van der Waals surface area contributed by atoms with Crippen LogP contribution in [0.2, 0.25) is 5.02 Å². The molecule has 122 valence electrons. The summed E-state index contributed by atoms with van der Waals surface area (Å²) >= 11 is 6.15. The van der Waals surface area contributed by atoms with Crippen molar-refractivity contribution in [2.45, 2.75) is 12.5 Å². The van der Waals surface area contributed by atoms with E-state index in [2.05, 4.69) is 10.3 Å². The van der Waals surface area contributed by atoms with Crippen LogP contribution in [-0.2, 0) is 18.3 Å². The van der Waals surface area contributed by atoms with Crippen molar-refractivity contribution in [2.75, 3.05) is 0 Å². The van der Waals surface area contributed by atoms with Crippen LogP contribution >= 0.6 is 11.6 Å². The third kappa shape index (κ3) is 3.66. The number of rotatable bonds is 5. The van der Waals surface area contributed by atoms with Gasteiger partial charge >= 0.3 is 0 Å². The van der Waals surface area contributed by atoms with Gasteiger partial charge in [0.1, 0.15) is 11.9 Å². The highest BCUT2D eigenvalue weighted by atomic mass is 35.5. The van der Waals surface area contributed by atoms with Gasteiger partial charge < -0.3 is 9.88 Å². The van der Waals surface area contributed by atoms with Gasteiger partial charge in [-0.25, -0.2) is 4.98 Å². The molecule has 0 bridgehead atoms.